The van der Waals surface area contributed by atoms with E-state index in [1.54, 1.807) is 31.3 Å². The van der Waals surface area contributed by atoms with E-state index in [4.69, 9.17) is 9.26 Å². The van der Waals surface area contributed by atoms with Crippen molar-refractivity contribution in [3.63, 3.8) is 0 Å². The summed E-state index contributed by atoms with van der Waals surface area (Å²) in [6, 6.07) is 10.1. The standard InChI is InChI=1S/C20H17FN2O4S/c1-12-10-16(23-27-12)11-28-19-17(4-3-9-22-19)20(25)26-13(2)18(24)14-5-7-15(21)8-6-14/h3-10,13H,11H2,1-2H3/t13-/m0/s1. The number of hydrogen-bond donors (Lipinski definition) is 0. The van der Waals surface area contributed by atoms with E-state index >= 15 is 0 Å². The van der Waals surface area contributed by atoms with Crippen LogP contribution in [-0.2, 0) is 10.5 Å². The van der Waals surface area contributed by atoms with Gasteiger partial charge in [0, 0.05) is 23.6 Å². The third kappa shape index (κ3) is 4.83. The Morgan fingerprint density at radius 1 is 1.25 bits per heavy atom. The Labute approximate surface area is 165 Å². The lowest BCUT2D eigenvalue weighted by atomic mass is 10.1. The van der Waals surface area contributed by atoms with Gasteiger partial charge in [0.15, 0.2) is 6.10 Å². The maximum absolute atomic E-state index is 13.0. The van der Waals surface area contributed by atoms with E-state index in [2.05, 4.69) is 10.1 Å². The molecule has 0 aliphatic carbocycles. The van der Waals surface area contributed by atoms with Crippen molar-refractivity contribution in [2.24, 2.45) is 0 Å². The van der Waals surface area contributed by atoms with E-state index in [1.165, 1.54) is 43.0 Å². The number of esters is 1. The summed E-state index contributed by atoms with van der Waals surface area (Å²) in [6.45, 7) is 3.27. The first kappa shape index (κ1) is 19.8. The predicted molar refractivity (Wildman–Crippen MR) is 101 cm³/mol. The molecule has 2 aromatic heterocycles. The maximum atomic E-state index is 13.0. The van der Waals surface area contributed by atoms with E-state index in [9.17, 15) is 14.0 Å². The molecule has 1 aromatic carbocycles. The fourth-order valence-corrected chi connectivity index (χ4v) is 3.28. The van der Waals surface area contributed by atoms with Gasteiger partial charge in [-0.2, -0.15) is 0 Å². The second-order valence-corrected chi connectivity index (χ2v) is 6.96. The van der Waals surface area contributed by atoms with Gasteiger partial charge in [-0.3, -0.25) is 4.79 Å². The highest BCUT2D eigenvalue weighted by Crippen LogP contribution is 2.25. The van der Waals surface area contributed by atoms with E-state index in [0.29, 0.717) is 16.5 Å². The van der Waals surface area contributed by atoms with Crippen molar-refractivity contribution >= 4 is 23.5 Å². The van der Waals surface area contributed by atoms with E-state index in [1.807, 2.05) is 0 Å². The number of nitrogens with zero attached hydrogens (tertiary/aromatic N) is 2. The number of benzene rings is 1. The third-order valence-corrected chi connectivity index (χ3v) is 4.85. The molecule has 0 radical (unpaired) electrons. The van der Waals surface area contributed by atoms with Crippen molar-refractivity contribution in [3.05, 3.63) is 77.1 Å². The summed E-state index contributed by atoms with van der Waals surface area (Å²) in [6.07, 6.45) is 0.550. The van der Waals surface area contributed by atoms with Crippen molar-refractivity contribution in [2.45, 2.75) is 30.7 Å². The molecule has 28 heavy (non-hydrogen) atoms. The largest absolute Gasteiger partial charge is 0.451 e. The van der Waals surface area contributed by atoms with Gasteiger partial charge in [-0.05, 0) is 50.2 Å². The van der Waals surface area contributed by atoms with Crippen LogP contribution in [0.1, 0.15) is 39.1 Å². The molecule has 0 aliphatic heterocycles. The summed E-state index contributed by atoms with van der Waals surface area (Å²) in [5.74, 6) is -0.345. The van der Waals surface area contributed by atoms with Crippen LogP contribution in [0.2, 0.25) is 0 Å². The molecule has 144 valence electrons. The summed E-state index contributed by atoms with van der Waals surface area (Å²) in [5, 5.41) is 4.37. The van der Waals surface area contributed by atoms with Gasteiger partial charge in [0.2, 0.25) is 5.78 Å². The van der Waals surface area contributed by atoms with Crippen LogP contribution in [0.4, 0.5) is 4.39 Å². The Morgan fingerprint density at radius 3 is 2.68 bits per heavy atom. The van der Waals surface area contributed by atoms with E-state index in [-0.39, 0.29) is 11.1 Å². The summed E-state index contributed by atoms with van der Waals surface area (Å²) in [4.78, 5) is 29.2. The number of hydrogen-bond acceptors (Lipinski definition) is 7. The van der Waals surface area contributed by atoms with E-state index < -0.39 is 23.7 Å². The smallest absolute Gasteiger partial charge is 0.341 e. The van der Waals surface area contributed by atoms with E-state index in [0.717, 1.165) is 5.69 Å². The van der Waals surface area contributed by atoms with Crippen LogP contribution in [-0.4, -0.2) is 28.0 Å². The first-order chi connectivity index (χ1) is 13.4. The van der Waals surface area contributed by atoms with Gasteiger partial charge >= 0.3 is 5.97 Å². The number of carbonyl (C=O) groups is 2. The number of ketones is 1. The zero-order valence-electron chi connectivity index (χ0n) is 15.2. The fourth-order valence-electron chi connectivity index (χ4n) is 2.42. The average Bonchev–Trinajstić information content (AvgIpc) is 3.11. The quantitative estimate of drug-likeness (QED) is 0.333. The molecule has 0 saturated heterocycles. The molecule has 6 nitrogen and oxygen atoms in total. The summed E-state index contributed by atoms with van der Waals surface area (Å²) < 4.78 is 23.3. The maximum Gasteiger partial charge on any atom is 0.341 e. The molecule has 0 fully saturated rings. The topological polar surface area (TPSA) is 82.3 Å². The minimum absolute atomic E-state index is 0.256. The first-order valence-electron chi connectivity index (χ1n) is 8.45. The van der Waals surface area contributed by atoms with Gasteiger partial charge in [-0.25, -0.2) is 14.2 Å². The number of ether oxygens (including phenoxy) is 1. The van der Waals surface area contributed by atoms with Crippen LogP contribution in [0.15, 0.2) is 58.2 Å². The highest BCUT2D eigenvalue weighted by Gasteiger charge is 2.22. The number of rotatable bonds is 7. The molecular weight excluding hydrogens is 383 g/mol. The molecule has 0 saturated carbocycles. The Balaban J connectivity index is 1.68. The van der Waals surface area contributed by atoms with Crippen molar-refractivity contribution in [1.29, 1.82) is 0 Å². The molecule has 8 heteroatoms. The second-order valence-electron chi connectivity index (χ2n) is 5.99. The molecule has 0 unspecified atom stereocenters. The van der Waals surface area contributed by atoms with Crippen LogP contribution in [0.3, 0.4) is 0 Å². The number of Topliss-reactive ketones (excluding diaryl/α,β-unsaturated/α-hetero) is 1. The van der Waals surface area contributed by atoms with Crippen molar-refractivity contribution in [1.82, 2.24) is 10.1 Å². The van der Waals surface area contributed by atoms with Gasteiger partial charge in [-0.1, -0.05) is 16.9 Å². The zero-order chi connectivity index (χ0) is 20.1. The molecule has 0 N–H and O–H groups in total. The lowest BCUT2D eigenvalue weighted by Crippen LogP contribution is -2.24. The Hall–Kier alpha value is -3.00. The summed E-state index contributed by atoms with van der Waals surface area (Å²) in [7, 11) is 0. The predicted octanol–water partition coefficient (Wildman–Crippen LogP) is 4.24. The van der Waals surface area contributed by atoms with Crippen LogP contribution in [0.5, 0.6) is 0 Å². The third-order valence-electron chi connectivity index (χ3n) is 3.81. The SMILES string of the molecule is Cc1cc(CSc2ncccc2C(=O)O[C@@H](C)C(=O)c2ccc(F)cc2)no1. The molecule has 0 aliphatic rings. The monoisotopic (exact) mass is 400 g/mol. The molecule has 3 aromatic rings. The van der Waals surface area contributed by atoms with Gasteiger partial charge in [-0.15, -0.1) is 0 Å². The zero-order valence-corrected chi connectivity index (χ0v) is 16.0. The fraction of sp³-hybridized carbons (Fsp3) is 0.200. The number of aryl methyl sites for hydroxylation is 1. The normalized spacial score (nSPS) is 11.8. The molecule has 0 amide bonds. The Bertz CT molecular complexity index is 988. The minimum atomic E-state index is -1.02. The number of aromatic nitrogens is 2. The highest BCUT2D eigenvalue weighted by molar-refractivity contribution is 7.98. The molecule has 2 heterocycles. The van der Waals surface area contributed by atoms with Crippen LogP contribution < -0.4 is 0 Å². The summed E-state index contributed by atoms with van der Waals surface area (Å²) in [5.41, 5.74) is 1.25. The average molecular weight is 400 g/mol. The van der Waals surface area contributed by atoms with Crippen molar-refractivity contribution in [2.75, 3.05) is 0 Å². The van der Waals surface area contributed by atoms with Gasteiger partial charge in [0.05, 0.1) is 11.3 Å². The molecule has 0 bridgehead atoms. The number of halogens is 1. The Morgan fingerprint density at radius 2 is 2.00 bits per heavy atom. The minimum Gasteiger partial charge on any atom is -0.451 e. The Kier molecular flexibility index (Phi) is 6.20. The number of pyridine rings is 1. The van der Waals surface area contributed by atoms with Crippen LogP contribution in [0, 0.1) is 12.7 Å². The summed E-state index contributed by atoms with van der Waals surface area (Å²) >= 11 is 1.31. The molecule has 0 spiro atoms. The van der Waals surface area contributed by atoms with Crippen LogP contribution in [0.25, 0.3) is 0 Å². The molecule has 3 rings (SSSR count). The van der Waals surface area contributed by atoms with Gasteiger partial charge in [0.25, 0.3) is 0 Å². The molecular formula is C20H17FN2O4S. The van der Waals surface area contributed by atoms with Gasteiger partial charge < -0.3 is 9.26 Å². The lowest BCUT2D eigenvalue weighted by molar-refractivity contribution is 0.0314. The van der Waals surface area contributed by atoms with Crippen molar-refractivity contribution in [3.8, 4) is 0 Å². The lowest BCUT2D eigenvalue weighted by Gasteiger charge is -2.13. The second kappa shape index (κ2) is 8.79. The first-order valence-corrected chi connectivity index (χ1v) is 9.43. The van der Waals surface area contributed by atoms with Gasteiger partial charge in [0.1, 0.15) is 16.6 Å². The van der Waals surface area contributed by atoms with Crippen molar-refractivity contribution < 1.29 is 23.2 Å². The van der Waals surface area contributed by atoms with Crippen LogP contribution >= 0.6 is 11.8 Å². The highest BCUT2D eigenvalue weighted by atomic mass is 32.2. The number of thioether (sulfide) groups is 1. The molecule has 1 atom stereocenters. The number of carbonyl (C=O) groups excluding carboxylic acids is 2.